The second kappa shape index (κ2) is 5.10. The van der Waals surface area contributed by atoms with E-state index in [1.165, 1.54) is 0 Å². The van der Waals surface area contributed by atoms with Crippen molar-refractivity contribution in [1.82, 2.24) is 19.9 Å². The molecular formula is C12H16N4O2S. The molecule has 19 heavy (non-hydrogen) atoms. The summed E-state index contributed by atoms with van der Waals surface area (Å²) in [5.41, 5.74) is 2.85. The Kier molecular flexibility index (Phi) is 3.68. The number of hydrogen-bond donors (Lipinski definition) is 2. The van der Waals surface area contributed by atoms with Gasteiger partial charge >= 0.3 is 0 Å². The summed E-state index contributed by atoms with van der Waals surface area (Å²) in [6, 6.07) is 1.85. The number of sulfonamides is 1. The number of aromatic amines is 1. The van der Waals surface area contributed by atoms with Crippen molar-refractivity contribution < 1.29 is 8.42 Å². The van der Waals surface area contributed by atoms with Crippen LogP contribution in [-0.2, 0) is 16.6 Å². The molecule has 2 heterocycles. The van der Waals surface area contributed by atoms with Crippen molar-refractivity contribution in [2.24, 2.45) is 0 Å². The molecule has 0 atom stereocenters. The average molecular weight is 280 g/mol. The number of H-pyrrole nitrogens is 1. The molecule has 0 aromatic carbocycles. The van der Waals surface area contributed by atoms with Crippen LogP contribution >= 0.6 is 0 Å². The Morgan fingerprint density at radius 2 is 2.05 bits per heavy atom. The van der Waals surface area contributed by atoms with Gasteiger partial charge in [0.15, 0.2) is 0 Å². The maximum atomic E-state index is 12.2. The summed E-state index contributed by atoms with van der Waals surface area (Å²) in [6.07, 6.45) is 3.34. The van der Waals surface area contributed by atoms with Gasteiger partial charge in [0.25, 0.3) is 0 Å². The number of nitrogens with zero attached hydrogens (tertiary/aromatic N) is 2. The molecule has 2 aromatic rings. The van der Waals surface area contributed by atoms with Gasteiger partial charge in [0.05, 0.1) is 11.4 Å². The summed E-state index contributed by atoms with van der Waals surface area (Å²) in [6.45, 7) is 5.48. The minimum absolute atomic E-state index is 0.214. The van der Waals surface area contributed by atoms with E-state index in [0.29, 0.717) is 11.4 Å². The lowest BCUT2D eigenvalue weighted by atomic mass is 10.2. The molecule has 0 spiro atoms. The van der Waals surface area contributed by atoms with E-state index in [1.807, 2.05) is 13.0 Å². The van der Waals surface area contributed by atoms with Gasteiger partial charge in [-0.3, -0.25) is 10.1 Å². The number of rotatable bonds is 4. The highest BCUT2D eigenvalue weighted by Crippen LogP contribution is 2.17. The largest absolute Gasteiger partial charge is 0.281 e. The third-order valence-corrected chi connectivity index (χ3v) is 4.59. The molecule has 0 amide bonds. The van der Waals surface area contributed by atoms with Crippen molar-refractivity contribution in [1.29, 1.82) is 0 Å². The number of pyridine rings is 1. The van der Waals surface area contributed by atoms with Gasteiger partial charge in [-0.2, -0.15) is 5.10 Å². The molecule has 0 saturated heterocycles. The lowest BCUT2D eigenvalue weighted by Crippen LogP contribution is -2.24. The fourth-order valence-corrected chi connectivity index (χ4v) is 3.24. The normalized spacial score (nSPS) is 11.7. The smallest absolute Gasteiger partial charge is 0.244 e. The Morgan fingerprint density at radius 1 is 1.32 bits per heavy atom. The van der Waals surface area contributed by atoms with Crippen LogP contribution in [0.15, 0.2) is 23.4 Å². The Labute approximate surface area is 112 Å². The average Bonchev–Trinajstić information content (AvgIpc) is 2.69. The van der Waals surface area contributed by atoms with Crippen molar-refractivity contribution in [3.05, 3.63) is 41.0 Å². The van der Waals surface area contributed by atoms with E-state index in [4.69, 9.17) is 0 Å². The predicted octanol–water partition coefficient (Wildman–Crippen LogP) is 1.21. The van der Waals surface area contributed by atoms with Gasteiger partial charge in [0.2, 0.25) is 10.0 Å². The van der Waals surface area contributed by atoms with Crippen LogP contribution in [0.5, 0.6) is 0 Å². The monoisotopic (exact) mass is 280 g/mol. The molecule has 2 rings (SSSR count). The maximum absolute atomic E-state index is 12.2. The molecule has 0 aliphatic heterocycles. The van der Waals surface area contributed by atoms with E-state index in [-0.39, 0.29) is 11.4 Å². The number of hydrogen-bond acceptors (Lipinski definition) is 4. The maximum Gasteiger partial charge on any atom is 0.244 e. The quantitative estimate of drug-likeness (QED) is 0.881. The second-order valence-corrected chi connectivity index (χ2v) is 6.09. The van der Waals surface area contributed by atoms with E-state index in [1.54, 1.807) is 26.2 Å². The highest BCUT2D eigenvalue weighted by Gasteiger charge is 2.21. The van der Waals surface area contributed by atoms with Gasteiger partial charge in [-0.15, -0.1) is 0 Å². The van der Waals surface area contributed by atoms with E-state index in [9.17, 15) is 8.42 Å². The lowest BCUT2D eigenvalue weighted by molar-refractivity contribution is 0.580. The molecule has 102 valence electrons. The minimum Gasteiger partial charge on any atom is -0.281 e. The zero-order valence-electron chi connectivity index (χ0n) is 11.1. The van der Waals surface area contributed by atoms with Crippen molar-refractivity contribution in [3.8, 4) is 0 Å². The molecule has 0 saturated carbocycles. The second-order valence-electron chi connectivity index (χ2n) is 4.39. The Hall–Kier alpha value is -1.73. The van der Waals surface area contributed by atoms with E-state index in [2.05, 4.69) is 19.9 Å². The molecule has 0 radical (unpaired) electrons. The third kappa shape index (κ3) is 2.82. The van der Waals surface area contributed by atoms with E-state index in [0.717, 1.165) is 11.1 Å². The topological polar surface area (TPSA) is 87.7 Å². The SMILES string of the molecule is Cc1ccncc1CNS(=O)(=O)c1c(C)n[nH]c1C. The third-order valence-electron chi connectivity index (χ3n) is 2.93. The lowest BCUT2D eigenvalue weighted by Gasteiger charge is -2.08. The van der Waals surface area contributed by atoms with Gasteiger partial charge in [0, 0.05) is 18.9 Å². The fourth-order valence-electron chi connectivity index (χ4n) is 1.86. The minimum atomic E-state index is -3.56. The molecule has 2 aromatic heterocycles. The molecule has 2 N–H and O–H groups in total. The summed E-state index contributed by atoms with van der Waals surface area (Å²) in [7, 11) is -3.56. The molecular weight excluding hydrogens is 264 g/mol. The van der Waals surface area contributed by atoms with Crippen LogP contribution in [0.3, 0.4) is 0 Å². The van der Waals surface area contributed by atoms with Crippen LogP contribution in [-0.4, -0.2) is 23.6 Å². The highest BCUT2D eigenvalue weighted by molar-refractivity contribution is 7.89. The molecule has 0 aliphatic carbocycles. The summed E-state index contributed by atoms with van der Waals surface area (Å²) in [5, 5.41) is 6.57. The first kappa shape index (κ1) is 13.7. The molecule has 0 bridgehead atoms. The van der Waals surface area contributed by atoms with Crippen LogP contribution in [0.4, 0.5) is 0 Å². The molecule has 0 aliphatic rings. The Morgan fingerprint density at radius 3 is 2.63 bits per heavy atom. The first-order valence-corrected chi connectivity index (χ1v) is 7.31. The van der Waals surface area contributed by atoms with Crippen LogP contribution in [0, 0.1) is 20.8 Å². The van der Waals surface area contributed by atoms with Crippen molar-refractivity contribution in [3.63, 3.8) is 0 Å². The summed E-state index contributed by atoms with van der Waals surface area (Å²) < 4.78 is 27.0. The summed E-state index contributed by atoms with van der Waals surface area (Å²) in [4.78, 5) is 4.21. The van der Waals surface area contributed by atoms with Gasteiger partial charge in [-0.25, -0.2) is 13.1 Å². The van der Waals surface area contributed by atoms with Gasteiger partial charge < -0.3 is 0 Å². The van der Waals surface area contributed by atoms with Crippen molar-refractivity contribution in [2.75, 3.05) is 0 Å². The standard InChI is InChI=1S/C12H16N4O2S/c1-8-4-5-13-6-11(8)7-14-19(17,18)12-9(2)15-16-10(12)3/h4-6,14H,7H2,1-3H3,(H,15,16). The first-order valence-electron chi connectivity index (χ1n) is 5.82. The van der Waals surface area contributed by atoms with Crippen LogP contribution < -0.4 is 4.72 Å². The summed E-state index contributed by atoms with van der Waals surface area (Å²) in [5.74, 6) is 0. The van der Waals surface area contributed by atoms with Gasteiger partial charge in [0.1, 0.15) is 4.90 Å². The van der Waals surface area contributed by atoms with Crippen molar-refractivity contribution in [2.45, 2.75) is 32.2 Å². The molecule has 0 fully saturated rings. The molecule has 6 nitrogen and oxygen atoms in total. The van der Waals surface area contributed by atoms with E-state index < -0.39 is 10.0 Å². The zero-order chi connectivity index (χ0) is 14.0. The van der Waals surface area contributed by atoms with Crippen LogP contribution in [0.2, 0.25) is 0 Å². The molecule has 7 heteroatoms. The van der Waals surface area contributed by atoms with Gasteiger partial charge in [-0.1, -0.05) is 0 Å². The first-order chi connectivity index (χ1) is 8.92. The number of aryl methyl sites for hydroxylation is 3. The van der Waals surface area contributed by atoms with Crippen molar-refractivity contribution >= 4 is 10.0 Å². The van der Waals surface area contributed by atoms with E-state index >= 15 is 0 Å². The summed E-state index contributed by atoms with van der Waals surface area (Å²) >= 11 is 0. The molecule has 0 unspecified atom stereocenters. The fraction of sp³-hybridized carbons (Fsp3) is 0.333. The predicted molar refractivity (Wildman–Crippen MR) is 71.1 cm³/mol. The Balaban J connectivity index is 2.22. The van der Waals surface area contributed by atoms with Gasteiger partial charge in [-0.05, 0) is 38.0 Å². The van der Waals surface area contributed by atoms with Crippen LogP contribution in [0.25, 0.3) is 0 Å². The number of aromatic nitrogens is 3. The zero-order valence-corrected chi connectivity index (χ0v) is 11.9. The van der Waals surface area contributed by atoms with Crippen LogP contribution in [0.1, 0.15) is 22.5 Å². The number of nitrogens with one attached hydrogen (secondary N) is 2. The Bertz CT molecular complexity index is 672. The highest BCUT2D eigenvalue weighted by atomic mass is 32.2.